The summed E-state index contributed by atoms with van der Waals surface area (Å²) < 4.78 is 1.26. The van der Waals surface area contributed by atoms with E-state index in [0.717, 1.165) is 36.6 Å². The first-order valence-corrected chi connectivity index (χ1v) is 9.90. The Balaban J connectivity index is 1.60. The van der Waals surface area contributed by atoms with Crippen LogP contribution in [0.3, 0.4) is 0 Å². The molecule has 0 aliphatic carbocycles. The lowest BCUT2D eigenvalue weighted by atomic mass is 9.97. The van der Waals surface area contributed by atoms with Crippen molar-refractivity contribution in [1.82, 2.24) is 10.2 Å². The van der Waals surface area contributed by atoms with Crippen LogP contribution in [0.1, 0.15) is 31.6 Å². The first-order valence-electron chi connectivity index (χ1n) is 8.70. The number of fused-ring (bicyclic) bond motifs is 1. The van der Waals surface area contributed by atoms with Gasteiger partial charge in [-0.3, -0.25) is 9.69 Å². The zero-order valence-electron chi connectivity index (χ0n) is 14.3. The Hall–Kier alpha value is -1.10. The number of carbonyl (C=O) groups is 1. The molecular weight excluding hydrogens is 340 g/mol. The van der Waals surface area contributed by atoms with E-state index in [4.69, 9.17) is 11.6 Å². The summed E-state index contributed by atoms with van der Waals surface area (Å²) in [5, 5.41) is 5.15. The van der Waals surface area contributed by atoms with Gasteiger partial charge in [-0.25, -0.2) is 0 Å². The molecule has 2 aromatic rings. The van der Waals surface area contributed by atoms with Gasteiger partial charge in [0.25, 0.3) is 0 Å². The minimum Gasteiger partial charge on any atom is -0.356 e. The first kappa shape index (κ1) is 17.7. The number of amides is 1. The van der Waals surface area contributed by atoms with Crippen LogP contribution in [0.25, 0.3) is 10.1 Å². The number of hydrogen-bond donors (Lipinski definition) is 1. The van der Waals surface area contributed by atoms with Crippen LogP contribution in [-0.2, 0) is 11.3 Å². The molecule has 1 N–H and O–H groups in total. The maximum atomic E-state index is 11.8. The molecule has 1 aromatic heterocycles. The molecular formula is C19H25ClN2OS. The zero-order chi connectivity index (χ0) is 17.1. The van der Waals surface area contributed by atoms with Crippen molar-refractivity contribution in [3.05, 3.63) is 34.2 Å². The Bertz CT molecular complexity index is 712. The van der Waals surface area contributed by atoms with E-state index < -0.39 is 0 Å². The predicted molar refractivity (Wildman–Crippen MR) is 103 cm³/mol. The van der Waals surface area contributed by atoms with Crippen molar-refractivity contribution in [2.24, 2.45) is 11.8 Å². The van der Waals surface area contributed by atoms with Crippen LogP contribution in [0.2, 0.25) is 5.02 Å². The van der Waals surface area contributed by atoms with Crippen LogP contribution in [0.4, 0.5) is 0 Å². The van der Waals surface area contributed by atoms with Gasteiger partial charge in [-0.05, 0) is 31.4 Å². The molecule has 0 spiro atoms. The number of rotatable bonds is 5. The standard InChI is InChI=1S/C19H25ClN2OS/c1-13(2)19(23)21-10-14-6-5-9-22(11-14)12-17-18(20)15-7-3-4-8-16(15)24-17/h3-4,7-8,13-14H,5-6,9-12H2,1-2H3,(H,21,23). The van der Waals surface area contributed by atoms with Crippen LogP contribution in [-0.4, -0.2) is 30.4 Å². The number of likely N-dealkylation sites (tertiary alicyclic amines) is 1. The Morgan fingerprint density at radius 2 is 2.21 bits per heavy atom. The second-order valence-electron chi connectivity index (χ2n) is 6.98. The maximum Gasteiger partial charge on any atom is 0.222 e. The van der Waals surface area contributed by atoms with Gasteiger partial charge in [0, 0.05) is 40.5 Å². The summed E-state index contributed by atoms with van der Waals surface area (Å²) in [6.07, 6.45) is 2.37. The Morgan fingerprint density at radius 3 is 2.96 bits per heavy atom. The highest BCUT2D eigenvalue weighted by Gasteiger charge is 2.22. The number of halogens is 1. The molecule has 1 aliphatic rings. The van der Waals surface area contributed by atoms with Crippen molar-refractivity contribution in [2.75, 3.05) is 19.6 Å². The van der Waals surface area contributed by atoms with Gasteiger partial charge in [0.1, 0.15) is 0 Å². The first-order chi connectivity index (χ1) is 11.5. The van der Waals surface area contributed by atoms with Crippen molar-refractivity contribution >= 4 is 38.9 Å². The van der Waals surface area contributed by atoms with Crippen LogP contribution >= 0.6 is 22.9 Å². The highest BCUT2D eigenvalue weighted by atomic mass is 35.5. The molecule has 2 heterocycles. The third kappa shape index (κ3) is 4.11. The van der Waals surface area contributed by atoms with Gasteiger partial charge in [0.2, 0.25) is 5.91 Å². The molecule has 24 heavy (non-hydrogen) atoms. The van der Waals surface area contributed by atoms with E-state index >= 15 is 0 Å². The van der Waals surface area contributed by atoms with Crippen LogP contribution in [0.5, 0.6) is 0 Å². The third-order valence-corrected chi connectivity index (χ3v) is 6.36. The quantitative estimate of drug-likeness (QED) is 0.844. The van der Waals surface area contributed by atoms with E-state index in [2.05, 4.69) is 28.4 Å². The van der Waals surface area contributed by atoms with Crippen molar-refractivity contribution in [3.8, 4) is 0 Å². The largest absolute Gasteiger partial charge is 0.356 e. The van der Waals surface area contributed by atoms with Gasteiger partial charge in [-0.1, -0.05) is 43.6 Å². The lowest BCUT2D eigenvalue weighted by Crippen LogP contribution is -2.41. The van der Waals surface area contributed by atoms with Crippen LogP contribution in [0.15, 0.2) is 24.3 Å². The summed E-state index contributed by atoms with van der Waals surface area (Å²) in [5.41, 5.74) is 0. The summed E-state index contributed by atoms with van der Waals surface area (Å²) in [5.74, 6) is 0.747. The number of nitrogens with one attached hydrogen (secondary N) is 1. The molecule has 1 amide bonds. The van der Waals surface area contributed by atoms with Gasteiger partial charge in [0.15, 0.2) is 0 Å². The number of nitrogens with zero attached hydrogens (tertiary/aromatic N) is 1. The average Bonchev–Trinajstić information content (AvgIpc) is 2.89. The third-order valence-electron chi connectivity index (χ3n) is 4.66. The fourth-order valence-corrected chi connectivity index (χ4v) is 4.82. The number of piperidine rings is 1. The fraction of sp³-hybridized carbons (Fsp3) is 0.526. The molecule has 1 unspecified atom stereocenters. The highest BCUT2D eigenvalue weighted by Crippen LogP contribution is 2.36. The molecule has 0 saturated carbocycles. The Labute approximate surface area is 153 Å². The summed E-state index contributed by atoms with van der Waals surface area (Å²) in [6, 6.07) is 8.33. The van der Waals surface area contributed by atoms with E-state index in [-0.39, 0.29) is 11.8 Å². The smallest absolute Gasteiger partial charge is 0.222 e. The molecule has 0 radical (unpaired) electrons. The molecule has 1 atom stereocenters. The molecule has 1 aliphatic heterocycles. The molecule has 3 nitrogen and oxygen atoms in total. The van der Waals surface area contributed by atoms with E-state index in [0.29, 0.717) is 5.92 Å². The minimum absolute atomic E-state index is 0.0575. The number of carbonyl (C=O) groups excluding carboxylic acids is 1. The molecule has 3 rings (SSSR count). The SMILES string of the molecule is CC(C)C(=O)NCC1CCCN(Cc2sc3ccccc3c2Cl)C1. The molecule has 1 aromatic carbocycles. The van der Waals surface area contributed by atoms with Gasteiger partial charge < -0.3 is 5.32 Å². The number of thiophene rings is 1. The maximum absolute atomic E-state index is 11.8. The summed E-state index contributed by atoms with van der Waals surface area (Å²) >= 11 is 8.37. The predicted octanol–water partition coefficient (Wildman–Crippen LogP) is 4.54. The Morgan fingerprint density at radius 1 is 1.42 bits per heavy atom. The second-order valence-corrected chi connectivity index (χ2v) is 8.49. The Kier molecular flexibility index (Phi) is 5.80. The molecule has 130 valence electrons. The molecule has 1 fully saturated rings. The molecule has 0 bridgehead atoms. The van der Waals surface area contributed by atoms with E-state index in [9.17, 15) is 4.79 Å². The topological polar surface area (TPSA) is 32.3 Å². The van der Waals surface area contributed by atoms with Gasteiger partial charge in [-0.15, -0.1) is 11.3 Å². The van der Waals surface area contributed by atoms with Crippen molar-refractivity contribution in [2.45, 2.75) is 33.2 Å². The fourth-order valence-electron chi connectivity index (χ4n) is 3.28. The lowest BCUT2D eigenvalue weighted by molar-refractivity contribution is -0.124. The summed E-state index contributed by atoms with van der Waals surface area (Å²) in [7, 11) is 0. The van der Waals surface area contributed by atoms with Crippen molar-refractivity contribution < 1.29 is 4.79 Å². The lowest BCUT2D eigenvalue weighted by Gasteiger charge is -2.32. The van der Waals surface area contributed by atoms with Crippen molar-refractivity contribution in [3.63, 3.8) is 0 Å². The van der Waals surface area contributed by atoms with Gasteiger partial charge in [0.05, 0.1) is 5.02 Å². The van der Waals surface area contributed by atoms with Gasteiger partial charge >= 0.3 is 0 Å². The average molecular weight is 365 g/mol. The minimum atomic E-state index is 0.0575. The normalized spacial score (nSPS) is 19.1. The van der Waals surface area contributed by atoms with Gasteiger partial charge in [-0.2, -0.15) is 0 Å². The van der Waals surface area contributed by atoms with E-state index in [1.165, 1.54) is 22.4 Å². The zero-order valence-corrected chi connectivity index (χ0v) is 15.9. The van der Waals surface area contributed by atoms with E-state index in [1.807, 2.05) is 19.9 Å². The van der Waals surface area contributed by atoms with E-state index in [1.54, 1.807) is 11.3 Å². The summed E-state index contributed by atoms with van der Waals surface area (Å²) in [6.45, 7) is 7.71. The van der Waals surface area contributed by atoms with Crippen LogP contribution in [0, 0.1) is 11.8 Å². The van der Waals surface area contributed by atoms with Crippen molar-refractivity contribution in [1.29, 1.82) is 0 Å². The monoisotopic (exact) mass is 364 g/mol. The van der Waals surface area contributed by atoms with Crippen LogP contribution < -0.4 is 5.32 Å². The molecule has 5 heteroatoms. The second kappa shape index (κ2) is 7.85. The number of hydrogen-bond acceptors (Lipinski definition) is 3. The molecule has 1 saturated heterocycles. The highest BCUT2D eigenvalue weighted by molar-refractivity contribution is 7.19. The number of benzene rings is 1. The summed E-state index contributed by atoms with van der Waals surface area (Å²) in [4.78, 5) is 15.5.